The van der Waals surface area contributed by atoms with E-state index in [1.165, 1.54) is 14.0 Å². The zero-order chi connectivity index (χ0) is 60.9. The summed E-state index contributed by atoms with van der Waals surface area (Å²) in [5, 5.41) is 112. The van der Waals surface area contributed by atoms with Crippen LogP contribution in [0.15, 0.2) is 23.3 Å². The predicted octanol–water partition coefficient (Wildman–Crippen LogP) is -1.29. The predicted molar refractivity (Wildman–Crippen MR) is 279 cm³/mol. The molecule has 0 amide bonds. The van der Waals surface area contributed by atoms with E-state index in [2.05, 4.69) is 13.0 Å². The Balaban J connectivity index is 0.925. The van der Waals surface area contributed by atoms with E-state index in [0.29, 0.717) is 38.5 Å². The Morgan fingerprint density at radius 2 is 1.36 bits per heavy atom. The van der Waals surface area contributed by atoms with Gasteiger partial charge in [0.1, 0.15) is 103 Å². The average molecular weight is 1210 g/mol. The van der Waals surface area contributed by atoms with Gasteiger partial charge in [-0.25, -0.2) is 4.18 Å². The van der Waals surface area contributed by atoms with Crippen molar-refractivity contribution < 1.29 is 130 Å². The van der Waals surface area contributed by atoms with Gasteiger partial charge in [0, 0.05) is 19.4 Å². The van der Waals surface area contributed by atoms with E-state index in [-0.39, 0.29) is 24.7 Å². The zero-order valence-corrected chi connectivity index (χ0v) is 49.0. The van der Waals surface area contributed by atoms with Crippen molar-refractivity contribution in [2.45, 2.75) is 241 Å². The van der Waals surface area contributed by atoms with Crippen molar-refractivity contribution in [3.05, 3.63) is 23.3 Å². The molecule has 83 heavy (non-hydrogen) atoms. The van der Waals surface area contributed by atoms with Crippen LogP contribution in [-0.2, 0) is 76.3 Å². The highest BCUT2D eigenvalue weighted by molar-refractivity contribution is 7.80. The summed E-state index contributed by atoms with van der Waals surface area (Å²) in [6.07, 6.45) is -25.3. The maximum absolute atomic E-state index is 14.7. The minimum Gasteiger partial charge on any atom is -0.459 e. The molecule has 0 radical (unpaired) electrons. The fourth-order valence-corrected chi connectivity index (χ4v) is 16.8. The molecular formula is C55H86O27S. The van der Waals surface area contributed by atoms with E-state index in [1.807, 2.05) is 40.7 Å². The quantitative estimate of drug-likeness (QED) is 0.0458. The Morgan fingerprint density at radius 3 is 2.00 bits per heavy atom. The van der Waals surface area contributed by atoms with Crippen LogP contribution in [0.4, 0.5) is 0 Å². The van der Waals surface area contributed by atoms with Gasteiger partial charge in [-0.05, 0) is 94.8 Å². The van der Waals surface area contributed by atoms with Crippen molar-refractivity contribution in [3.63, 3.8) is 0 Å². The number of hydrogen-bond donors (Lipinski definition) is 11. The highest BCUT2D eigenvalue weighted by Gasteiger charge is 2.87. The highest BCUT2D eigenvalue weighted by Crippen LogP contribution is 2.78. The first-order valence-corrected chi connectivity index (χ1v) is 29.9. The number of carbonyl (C=O) groups excluding carboxylic acids is 2. The lowest BCUT2D eigenvalue weighted by molar-refractivity contribution is -0.385. The number of cyclic esters (lactones) is 1. The van der Waals surface area contributed by atoms with Gasteiger partial charge >= 0.3 is 22.3 Å². The molecule has 28 heteroatoms. The summed E-state index contributed by atoms with van der Waals surface area (Å²) < 4.78 is 104. The van der Waals surface area contributed by atoms with Crippen molar-refractivity contribution in [3.8, 4) is 0 Å². The van der Waals surface area contributed by atoms with Crippen LogP contribution in [-0.4, -0.2) is 244 Å². The Morgan fingerprint density at radius 1 is 0.735 bits per heavy atom. The van der Waals surface area contributed by atoms with Gasteiger partial charge < -0.3 is 103 Å². The van der Waals surface area contributed by atoms with Crippen LogP contribution in [0.5, 0.6) is 0 Å². The molecule has 0 aromatic heterocycles. The molecule has 8 fully saturated rings. The van der Waals surface area contributed by atoms with E-state index in [1.54, 1.807) is 6.92 Å². The first-order chi connectivity index (χ1) is 38.8. The Hall–Kier alpha value is -2.47. The van der Waals surface area contributed by atoms with Crippen molar-refractivity contribution >= 4 is 22.3 Å². The lowest BCUT2D eigenvalue weighted by Crippen LogP contribution is -2.66. The molecule has 5 saturated heterocycles. The second-order valence-electron chi connectivity index (χ2n) is 25.7. The first kappa shape index (κ1) is 65.0. The fraction of sp³-hybridized carbons (Fsp3) is 0.891. The number of hydrogen-bond acceptors (Lipinski definition) is 26. The minimum absolute atomic E-state index is 0.103. The molecule has 11 N–H and O–H groups in total. The van der Waals surface area contributed by atoms with Crippen molar-refractivity contribution in [1.29, 1.82) is 0 Å². The van der Waals surface area contributed by atoms with Crippen molar-refractivity contribution in [2.75, 3.05) is 33.5 Å². The van der Waals surface area contributed by atoms with Gasteiger partial charge in [0.25, 0.3) is 0 Å². The summed E-state index contributed by atoms with van der Waals surface area (Å²) in [5.41, 5.74) is -4.71. The summed E-state index contributed by atoms with van der Waals surface area (Å²) in [6, 6.07) is 0. The van der Waals surface area contributed by atoms with Crippen LogP contribution < -0.4 is 0 Å². The number of allylic oxidation sites excluding steroid dienone is 4. The molecule has 0 bridgehead atoms. The molecule has 4 aliphatic carbocycles. The second kappa shape index (κ2) is 23.8. The van der Waals surface area contributed by atoms with E-state index in [0.717, 1.165) is 11.1 Å². The first-order valence-electron chi connectivity index (χ1n) is 28.6. The zero-order valence-electron chi connectivity index (χ0n) is 48.2. The molecule has 474 valence electrons. The van der Waals surface area contributed by atoms with Gasteiger partial charge in [0.2, 0.25) is 0 Å². The molecule has 27 nitrogen and oxygen atoms in total. The summed E-state index contributed by atoms with van der Waals surface area (Å²) in [6.45, 7) is 12.3. The molecule has 0 aromatic carbocycles. The monoisotopic (exact) mass is 1210 g/mol. The Labute approximate surface area is 481 Å². The van der Waals surface area contributed by atoms with Gasteiger partial charge in [-0.2, -0.15) is 8.42 Å². The Bertz CT molecular complexity index is 2530. The van der Waals surface area contributed by atoms with Crippen LogP contribution in [0.25, 0.3) is 0 Å². The standard InChI is InChI=1S/C55H86O27S/c1-24(2)11-10-16-53(8)55(67)34(74-25(3)58)19-52(7)27-12-13-32-50(4,5)33(15-17-51(32,6)26(27)14-18-54(52,55)49(66)81-53)77-48-44(36(61)31(23-73-48)82-83(68,69)70)80-46-38(63)37(62)42(30(21-57)76-46)79-45-39(64)41(28(59)22-72-45)78-47-40(65)43(71-9)35(60)29(20-56)75-47/h11-12,26,28-48,56-57,59-65,67H,10,13-23H2,1-9H3,(H,68,69,70)/t26-,28+,29+,30+,31+,32-,33-,34-,35+,36-,37-,38+,39+,40+,41-,42-,43-,44+,45-,46-,47-,48-,51+,52-,53-,54+,55-/m0/s1. The number of methoxy groups -OCH3 is 1. The molecule has 9 aliphatic rings. The molecule has 3 saturated carbocycles. The van der Waals surface area contributed by atoms with Crippen molar-refractivity contribution in [2.24, 2.45) is 33.5 Å². The van der Waals surface area contributed by atoms with Gasteiger partial charge in [-0.1, -0.05) is 51.0 Å². The number of esters is 2. The van der Waals surface area contributed by atoms with Gasteiger partial charge in [-0.3, -0.25) is 14.1 Å². The molecule has 1 spiro atoms. The van der Waals surface area contributed by atoms with Gasteiger partial charge in [-0.15, -0.1) is 0 Å². The van der Waals surface area contributed by atoms with Gasteiger partial charge in [0.05, 0.1) is 32.5 Å². The third-order valence-electron chi connectivity index (χ3n) is 20.4. The molecule has 5 aliphatic heterocycles. The van der Waals surface area contributed by atoms with Crippen LogP contribution in [0.2, 0.25) is 0 Å². The minimum atomic E-state index is -5.21. The highest BCUT2D eigenvalue weighted by atomic mass is 32.3. The number of fused-ring (bicyclic) bond motifs is 4. The number of aliphatic hydroxyl groups excluding tert-OH is 9. The van der Waals surface area contributed by atoms with E-state index in [9.17, 15) is 73.6 Å². The smallest absolute Gasteiger partial charge is 0.397 e. The second-order valence-corrected chi connectivity index (χ2v) is 26.8. The van der Waals surface area contributed by atoms with Crippen LogP contribution in [0.3, 0.4) is 0 Å². The van der Waals surface area contributed by atoms with E-state index >= 15 is 0 Å². The number of carbonyl (C=O) groups is 2. The number of aliphatic hydroxyl groups is 10. The molecular weight excluding hydrogens is 1120 g/mol. The maximum Gasteiger partial charge on any atom is 0.397 e. The summed E-state index contributed by atoms with van der Waals surface area (Å²) in [5.74, 6) is -1.31. The third-order valence-corrected chi connectivity index (χ3v) is 20.9. The van der Waals surface area contributed by atoms with Crippen molar-refractivity contribution in [1.82, 2.24) is 0 Å². The summed E-state index contributed by atoms with van der Waals surface area (Å²) in [7, 11) is -4.03. The summed E-state index contributed by atoms with van der Waals surface area (Å²) >= 11 is 0. The lowest BCUT2D eigenvalue weighted by Gasteiger charge is -2.64. The molecule has 5 heterocycles. The number of ether oxygens (including phenoxy) is 11. The summed E-state index contributed by atoms with van der Waals surface area (Å²) in [4.78, 5) is 27.5. The Kier molecular flexibility index (Phi) is 18.6. The topological polar surface area (TPSA) is 402 Å². The normalized spacial score (nSPS) is 49.5. The molecule has 0 aromatic rings. The molecule has 0 unspecified atom stereocenters. The van der Waals surface area contributed by atoms with E-state index < -0.39 is 204 Å². The van der Waals surface area contributed by atoms with Crippen LogP contribution in [0, 0.1) is 33.5 Å². The SMILES string of the molecule is CO[C@@H]1[C@@H](O)[C@H](O[C@@H]2[C@@H](O)[C@H](O[C@@H]3[C@@H](O)[C@@H](O)[C@H](O[C@H]4[C@H](O[C@H]5CC[C@]6(C)[C@H]7CC[C@]89C(=O)O[C@@](C)(CCC=C(C)C)[C@@]8(O)[C@@H](OC(C)=O)C[C@@]9(C)C7=CC[C@H]6C5(C)C)OC[C@@H](OS(=O)(=O)O)[C@@H]4O)O[C@@H]3CO)OC[C@H]2O)O[C@H](CO)[C@H]1O. The molecule has 9 rings (SSSR count). The average Bonchev–Trinajstić information content (AvgIpc) is 1.58. The van der Waals surface area contributed by atoms with Crippen LogP contribution in [0.1, 0.15) is 107 Å². The fourth-order valence-electron chi connectivity index (χ4n) is 16.3. The largest absolute Gasteiger partial charge is 0.459 e. The number of rotatable bonds is 17. The lowest BCUT2D eigenvalue weighted by atomic mass is 9.40. The third kappa shape index (κ3) is 10.9. The maximum atomic E-state index is 14.7. The van der Waals surface area contributed by atoms with E-state index in [4.69, 9.17) is 56.3 Å². The van der Waals surface area contributed by atoms with Gasteiger partial charge in [0.15, 0.2) is 30.8 Å². The molecule has 27 atom stereocenters. The van der Waals surface area contributed by atoms with Crippen LogP contribution >= 0.6 is 0 Å².